The van der Waals surface area contributed by atoms with Gasteiger partial charge in [-0.25, -0.2) is 10.4 Å². The molecule has 6 nitrogen and oxygen atoms in total. The van der Waals surface area contributed by atoms with Crippen LogP contribution in [0.25, 0.3) is 10.2 Å². The minimum Gasteiger partial charge on any atom is -0.463 e. The Morgan fingerprint density at radius 1 is 1.30 bits per heavy atom. The van der Waals surface area contributed by atoms with E-state index in [4.69, 9.17) is 4.42 Å². The van der Waals surface area contributed by atoms with Gasteiger partial charge in [-0.2, -0.15) is 5.10 Å². The molecule has 0 spiro atoms. The quantitative estimate of drug-likeness (QED) is 0.557. The number of para-hydroxylation sites is 1. The predicted octanol–water partition coefficient (Wildman–Crippen LogP) is 3.23. The van der Waals surface area contributed by atoms with Crippen molar-refractivity contribution >= 4 is 38.3 Å². The van der Waals surface area contributed by atoms with E-state index in [-0.39, 0.29) is 5.91 Å². The van der Waals surface area contributed by atoms with Crippen molar-refractivity contribution in [3.05, 3.63) is 48.4 Å². The molecule has 3 aromatic rings. The average molecular weight is 328 g/mol. The van der Waals surface area contributed by atoms with Crippen molar-refractivity contribution in [3.63, 3.8) is 0 Å². The number of carbonyl (C=O) groups is 1. The lowest BCUT2D eigenvalue weighted by Gasteiger charge is -2.10. The molecule has 2 aromatic heterocycles. The Hall–Kier alpha value is -2.67. The van der Waals surface area contributed by atoms with Crippen LogP contribution < -0.4 is 10.7 Å². The molecule has 0 unspecified atom stereocenters. The van der Waals surface area contributed by atoms with E-state index in [9.17, 15) is 4.79 Å². The summed E-state index contributed by atoms with van der Waals surface area (Å²) in [7, 11) is 0. The van der Waals surface area contributed by atoms with Gasteiger partial charge in [-0.15, -0.1) is 0 Å². The molecule has 0 aliphatic carbocycles. The summed E-state index contributed by atoms with van der Waals surface area (Å²) >= 11 is 1.51. The van der Waals surface area contributed by atoms with Gasteiger partial charge in [0, 0.05) is 0 Å². The van der Waals surface area contributed by atoms with Crippen molar-refractivity contribution in [2.75, 3.05) is 5.32 Å². The maximum Gasteiger partial charge on any atom is 0.262 e. The van der Waals surface area contributed by atoms with E-state index in [0.717, 1.165) is 10.2 Å². The van der Waals surface area contributed by atoms with Crippen LogP contribution in [0.15, 0.2) is 52.2 Å². The zero-order valence-corrected chi connectivity index (χ0v) is 13.6. The fourth-order valence-electron chi connectivity index (χ4n) is 1.96. The van der Waals surface area contributed by atoms with E-state index in [1.807, 2.05) is 24.3 Å². The lowest BCUT2D eigenvalue weighted by atomic mass is 10.3. The molecule has 0 aliphatic heterocycles. The van der Waals surface area contributed by atoms with Crippen LogP contribution in [0.1, 0.15) is 19.6 Å². The van der Waals surface area contributed by atoms with Crippen LogP contribution in [0.2, 0.25) is 0 Å². The van der Waals surface area contributed by atoms with Gasteiger partial charge >= 0.3 is 0 Å². The van der Waals surface area contributed by atoms with Gasteiger partial charge in [-0.1, -0.05) is 23.5 Å². The Balaban J connectivity index is 1.62. The summed E-state index contributed by atoms with van der Waals surface area (Å²) < 4.78 is 6.29. The molecule has 0 saturated carbocycles. The summed E-state index contributed by atoms with van der Waals surface area (Å²) in [5.41, 5.74) is 4.05. The topological polar surface area (TPSA) is 79.5 Å². The molecule has 0 saturated heterocycles. The number of benzene rings is 1. The van der Waals surface area contributed by atoms with Crippen LogP contribution in [0.5, 0.6) is 0 Å². The van der Waals surface area contributed by atoms with Crippen LogP contribution in [0, 0.1) is 0 Å². The summed E-state index contributed by atoms with van der Waals surface area (Å²) in [5.74, 6) is 0.382. The van der Waals surface area contributed by atoms with Gasteiger partial charge in [0.15, 0.2) is 5.13 Å². The Morgan fingerprint density at radius 3 is 2.87 bits per heavy atom. The SMILES string of the molecule is C/C(=N/NC(=O)[C@H](C)Nc1nc2ccccc2s1)c1ccco1. The molecule has 1 amide bonds. The lowest BCUT2D eigenvalue weighted by molar-refractivity contribution is -0.121. The molecule has 0 fully saturated rings. The molecule has 2 heterocycles. The van der Waals surface area contributed by atoms with Crippen molar-refractivity contribution < 1.29 is 9.21 Å². The summed E-state index contributed by atoms with van der Waals surface area (Å²) in [6.45, 7) is 3.53. The first-order valence-electron chi connectivity index (χ1n) is 7.13. The fourth-order valence-corrected chi connectivity index (χ4v) is 2.91. The normalized spacial score (nSPS) is 13.0. The van der Waals surface area contributed by atoms with E-state index in [1.165, 1.54) is 11.3 Å². The molecule has 3 rings (SSSR count). The molecule has 2 N–H and O–H groups in total. The number of aromatic nitrogens is 1. The number of hydrogen-bond donors (Lipinski definition) is 2. The molecule has 7 heteroatoms. The number of hydrazone groups is 1. The Kier molecular flexibility index (Phi) is 4.38. The first-order valence-corrected chi connectivity index (χ1v) is 7.95. The number of anilines is 1. The maximum atomic E-state index is 12.1. The van der Waals surface area contributed by atoms with Crippen molar-refractivity contribution in [3.8, 4) is 0 Å². The first-order chi connectivity index (χ1) is 11.1. The molecule has 1 aromatic carbocycles. The largest absolute Gasteiger partial charge is 0.463 e. The van der Waals surface area contributed by atoms with Crippen molar-refractivity contribution in [2.45, 2.75) is 19.9 Å². The fraction of sp³-hybridized carbons (Fsp3) is 0.188. The number of carbonyl (C=O) groups excluding carboxylic acids is 1. The molecule has 0 radical (unpaired) electrons. The Labute approximate surface area is 137 Å². The predicted molar refractivity (Wildman–Crippen MR) is 91.8 cm³/mol. The second kappa shape index (κ2) is 6.62. The molecule has 0 aliphatic rings. The molecule has 23 heavy (non-hydrogen) atoms. The van der Waals surface area contributed by atoms with Crippen molar-refractivity contribution in [1.82, 2.24) is 10.4 Å². The molecule has 1 atom stereocenters. The number of fused-ring (bicyclic) bond motifs is 1. The van der Waals surface area contributed by atoms with Gasteiger partial charge in [-0.05, 0) is 38.1 Å². The third-order valence-corrected chi connectivity index (χ3v) is 4.21. The second-order valence-electron chi connectivity index (χ2n) is 5.00. The summed E-state index contributed by atoms with van der Waals surface area (Å²) in [5, 5.41) is 7.84. The smallest absolute Gasteiger partial charge is 0.262 e. The maximum absolute atomic E-state index is 12.1. The molecular weight excluding hydrogens is 312 g/mol. The zero-order valence-electron chi connectivity index (χ0n) is 12.7. The van der Waals surface area contributed by atoms with Crippen LogP contribution in [0.4, 0.5) is 5.13 Å². The Bertz CT molecular complexity index is 806. The number of nitrogens with zero attached hydrogens (tertiary/aromatic N) is 2. The highest BCUT2D eigenvalue weighted by Crippen LogP contribution is 2.25. The highest BCUT2D eigenvalue weighted by molar-refractivity contribution is 7.22. The van der Waals surface area contributed by atoms with E-state index in [1.54, 1.807) is 32.2 Å². The summed E-state index contributed by atoms with van der Waals surface area (Å²) in [6, 6.07) is 10.9. The van der Waals surface area contributed by atoms with Gasteiger partial charge in [0.05, 0.1) is 16.5 Å². The minimum atomic E-state index is -0.455. The van der Waals surface area contributed by atoms with Gasteiger partial charge in [0.25, 0.3) is 5.91 Å². The number of hydrogen-bond acceptors (Lipinski definition) is 6. The number of amides is 1. The highest BCUT2D eigenvalue weighted by atomic mass is 32.1. The summed E-state index contributed by atoms with van der Waals surface area (Å²) in [6.07, 6.45) is 1.56. The first kappa shape index (κ1) is 15.2. The second-order valence-corrected chi connectivity index (χ2v) is 6.03. The number of furan rings is 1. The third kappa shape index (κ3) is 3.57. The van der Waals surface area contributed by atoms with Crippen LogP contribution >= 0.6 is 11.3 Å². The van der Waals surface area contributed by atoms with Crippen LogP contribution in [-0.2, 0) is 4.79 Å². The van der Waals surface area contributed by atoms with Gasteiger partial charge in [-0.3, -0.25) is 4.79 Å². The van der Waals surface area contributed by atoms with Crippen molar-refractivity contribution in [2.24, 2.45) is 5.10 Å². The van der Waals surface area contributed by atoms with E-state index in [2.05, 4.69) is 20.8 Å². The van der Waals surface area contributed by atoms with E-state index in [0.29, 0.717) is 16.6 Å². The minimum absolute atomic E-state index is 0.241. The number of thiazole rings is 1. The van der Waals surface area contributed by atoms with Gasteiger partial charge in [0.2, 0.25) is 0 Å². The van der Waals surface area contributed by atoms with Gasteiger partial charge < -0.3 is 9.73 Å². The van der Waals surface area contributed by atoms with Crippen LogP contribution in [0.3, 0.4) is 0 Å². The van der Waals surface area contributed by atoms with E-state index >= 15 is 0 Å². The lowest BCUT2D eigenvalue weighted by Crippen LogP contribution is -2.35. The highest BCUT2D eigenvalue weighted by Gasteiger charge is 2.14. The van der Waals surface area contributed by atoms with Crippen molar-refractivity contribution in [1.29, 1.82) is 0 Å². The molecular formula is C16H16N4O2S. The number of nitrogens with one attached hydrogen (secondary N) is 2. The standard InChI is InChI=1S/C16H16N4O2S/c1-10(13-7-5-9-22-13)19-20-15(21)11(2)17-16-18-12-6-3-4-8-14(12)23-16/h3-9,11H,1-2H3,(H,17,18)(H,20,21)/b19-10-/t11-/m0/s1. The average Bonchev–Trinajstić information content (AvgIpc) is 3.20. The zero-order chi connectivity index (χ0) is 16.2. The van der Waals surface area contributed by atoms with Crippen LogP contribution in [-0.4, -0.2) is 22.6 Å². The van der Waals surface area contributed by atoms with E-state index < -0.39 is 6.04 Å². The third-order valence-electron chi connectivity index (χ3n) is 3.24. The summed E-state index contributed by atoms with van der Waals surface area (Å²) in [4.78, 5) is 16.5. The molecule has 118 valence electrons. The van der Waals surface area contributed by atoms with Gasteiger partial charge in [0.1, 0.15) is 17.5 Å². The Morgan fingerprint density at radius 2 is 2.13 bits per heavy atom. The number of rotatable bonds is 5. The monoisotopic (exact) mass is 328 g/mol. The molecule has 0 bridgehead atoms.